The second kappa shape index (κ2) is 5.09. The lowest BCUT2D eigenvalue weighted by Crippen LogP contribution is -2.39. The van der Waals surface area contributed by atoms with Gasteiger partial charge in [0.2, 0.25) is 0 Å². The van der Waals surface area contributed by atoms with Crippen molar-refractivity contribution in [3.8, 4) is 0 Å². The Hall–Kier alpha value is -1.02. The standard InChI is InChI=1S/C15H25NO/c1-11(17)13-7-9-14(10-8-13)16(6)12(2)15(3,4)5/h7-12,17H,1-6H3/t11-,12?/m0/s1. The van der Waals surface area contributed by atoms with E-state index in [1.54, 1.807) is 6.92 Å². The van der Waals surface area contributed by atoms with Crippen LogP contribution in [0.2, 0.25) is 0 Å². The molecule has 2 nitrogen and oxygen atoms in total. The van der Waals surface area contributed by atoms with Gasteiger partial charge in [0.1, 0.15) is 0 Å². The first-order valence-electron chi connectivity index (χ1n) is 6.24. The first-order valence-corrected chi connectivity index (χ1v) is 6.24. The molecule has 0 aromatic heterocycles. The molecule has 0 aliphatic carbocycles. The van der Waals surface area contributed by atoms with Gasteiger partial charge in [-0.1, -0.05) is 32.9 Å². The lowest BCUT2D eigenvalue weighted by molar-refractivity contribution is 0.199. The topological polar surface area (TPSA) is 23.5 Å². The maximum absolute atomic E-state index is 9.48. The van der Waals surface area contributed by atoms with Crippen molar-refractivity contribution < 1.29 is 5.11 Å². The highest BCUT2D eigenvalue weighted by Crippen LogP contribution is 2.27. The Morgan fingerprint density at radius 3 is 1.88 bits per heavy atom. The first kappa shape index (κ1) is 14.0. The number of benzene rings is 1. The summed E-state index contributed by atoms with van der Waals surface area (Å²) in [6.07, 6.45) is -0.394. The van der Waals surface area contributed by atoms with Crippen LogP contribution in [0.25, 0.3) is 0 Å². The molecule has 1 aromatic carbocycles. The minimum absolute atomic E-state index is 0.248. The maximum atomic E-state index is 9.48. The number of rotatable bonds is 3. The molecule has 0 bridgehead atoms. The Bertz CT molecular complexity index is 348. The molecule has 17 heavy (non-hydrogen) atoms. The number of aliphatic hydroxyl groups is 1. The molecule has 0 saturated heterocycles. The average molecular weight is 235 g/mol. The van der Waals surface area contributed by atoms with E-state index in [0.29, 0.717) is 6.04 Å². The molecule has 1 unspecified atom stereocenters. The number of nitrogens with zero attached hydrogens (tertiary/aromatic N) is 1. The van der Waals surface area contributed by atoms with E-state index < -0.39 is 6.10 Å². The molecule has 2 heteroatoms. The molecule has 0 radical (unpaired) electrons. The number of anilines is 1. The molecular weight excluding hydrogens is 210 g/mol. The van der Waals surface area contributed by atoms with Crippen molar-refractivity contribution in [2.45, 2.75) is 46.8 Å². The molecule has 2 atom stereocenters. The van der Waals surface area contributed by atoms with Crippen LogP contribution < -0.4 is 4.90 Å². The van der Waals surface area contributed by atoms with Gasteiger partial charge in [-0.15, -0.1) is 0 Å². The van der Waals surface area contributed by atoms with Crippen LogP contribution in [0.3, 0.4) is 0 Å². The Morgan fingerprint density at radius 2 is 1.53 bits per heavy atom. The van der Waals surface area contributed by atoms with Gasteiger partial charge in [-0.2, -0.15) is 0 Å². The summed E-state index contributed by atoms with van der Waals surface area (Å²) in [6.45, 7) is 10.8. The van der Waals surface area contributed by atoms with Crippen LogP contribution >= 0.6 is 0 Å². The predicted molar refractivity (Wildman–Crippen MR) is 74.4 cm³/mol. The van der Waals surface area contributed by atoms with Gasteiger partial charge >= 0.3 is 0 Å². The van der Waals surface area contributed by atoms with E-state index in [4.69, 9.17) is 0 Å². The van der Waals surface area contributed by atoms with Gasteiger partial charge in [-0.3, -0.25) is 0 Å². The van der Waals surface area contributed by atoms with Crippen molar-refractivity contribution in [2.24, 2.45) is 5.41 Å². The third kappa shape index (κ3) is 3.47. The van der Waals surface area contributed by atoms with Gasteiger partial charge < -0.3 is 10.0 Å². The van der Waals surface area contributed by atoms with Crippen molar-refractivity contribution in [1.29, 1.82) is 0 Å². The summed E-state index contributed by atoms with van der Waals surface area (Å²) in [4.78, 5) is 2.28. The largest absolute Gasteiger partial charge is 0.389 e. The fraction of sp³-hybridized carbons (Fsp3) is 0.600. The minimum Gasteiger partial charge on any atom is -0.389 e. The number of hydrogen-bond acceptors (Lipinski definition) is 2. The van der Waals surface area contributed by atoms with E-state index in [9.17, 15) is 5.11 Å². The molecule has 1 N–H and O–H groups in total. The Morgan fingerprint density at radius 1 is 1.06 bits per heavy atom. The summed E-state index contributed by atoms with van der Waals surface area (Å²) in [6, 6.07) is 8.59. The van der Waals surface area contributed by atoms with E-state index >= 15 is 0 Å². The van der Waals surface area contributed by atoms with Crippen molar-refractivity contribution >= 4 is 5.69 Å². The highest BCUT2D eigenvalue weighted by Gasteiger charge is 2.24. The summed E-state index contributed by atoms with van der Waals surface area (Å²) in [5, 5.41) is 9.48. The van der Waals surface area contributed by atoms with Gasteiger partial charge in [0, 0.05) is 18.8 Å². The molecule has 1 rings (SSSR count). The Labute approximate surface area is 105 Å². The fourth-order valence-electron chi connectivity index (χ4n) is 1.79. The normalized spacial score (nSPS) is 15.5. The van der Waals surface area contributed by atoms with Crippen LogP contribution in [0.15, 0.2) is 24.3 Å². The summed E-state index contributed by atoms with van der Waals surface area (Å²) in [7, 11) is 2.12. The van der Waals surface area contributed by atoms with Crippen LogP contribution in [-0.2, 0) is 0 Å². The van der Waals surface area contributed by atoms with E-state index in [1.807, 2.05) is 12.1 Å². The van der Waals surface area contributed by atoms with Crippen molar-refractivity contribution in [1.82, 2.24) is 0 Å². The fourth-order valence-corrected chi connectivity index (χ4v) is 1.79. The monoisotopic (exact) mass is 235 g/mol. The van der Waals surface area contributed by atoms with Gasteiger partial charge in [-0.05, 0) is 37.0 Å². The lowest BCUT2D eigenvalue weighted by atomic mass is 9.87. The molecule has 1 aromatic rings. The lowest BCUT2D eigenvalue weighted by Gasteiger charge is -2.37. The van der Waals surface area contributed by atoms with E-state index in [0.717, 1.165) is 5.56 Å². The van der Waals surface area contributed by atoms with Gasteiger partial charge in [0.05, 0.1) is 6.10 Å². The molecule has 0 saturated carbocycles. The second-order valence-corrected chi connectivity index (χ2v) is 5.92. The van der Waals surface area contributed by atoms with Crippen LogP contribution in [0.4, 0.5) is 5.69 Å². The summed E-state index contributed by atoms with van der Waals surface area (Å²) >= 11 is 0. The summed E-state index contributed by atoms with van der Waals surface area (Å²) in [5.41, 5.74) is 2.40. The number of aliphatic hydroxyl groups excluding tert-OH is 1. The van der Waals surface area contributed by atoms with E-state index in [-0.39, 0.29) is 5.41 Å². The van der Waals surface area contributed by atoms with Crippen molar-refractivity contribution in [2.75, 3.05) is 11.9 Å². The third-order valence-electron chi connectivity index (χ3n) is 3.62. The maximum Gasteiger partial charge on any atom is 0.0761 e. The van der Waals surface area contributed by atoms with E-state index in [1.165, 1.54) is 5.69 Å². The third-order valence-corrected chi connectivity index (χ3v) is 3.62. The molecular formula is C15H25NO. The average Bonchev–Trinajstić information content (AvgIpc) is 2.26. The molecule has 96 valence electrons. The molecule has 0 heterocycles. The van der Waals surface area contributed by atoms with Crippen molar-refractivity contribution in [3.63, 3.8) is 0 Å². The minimum atomic E-state index is -0.394. The van der Waals surface area contributed by atoms with Gasteiger partial charge in [-0.25, -0.2) is 0 Å². The molecule has 0 spiro atoms. The summed E-state index contributed by atoms with van der Waals surface area (Å²) < 4.78 is 0. The molecule has 0 aliphatic heterocycles. The van der Waals surface area contributed by atoms with Gasteiger partial charge in [0.25, 0.3) is 0 Å². The Balaban J connectivity index is 2.87. The van der Waals surface area contributed by atoms with Gasteiger partial charge in [0.15, 0.2) is 0 Å². The van der Waals surface area contributed by atoms with Crippen LogP contribution in [-0.4, -0.2) is 18.2 Å². The van der Waals surface area contributed by atoms with Crippen LogP contribution in [0, 0.1) is 5.41 Å². The smallest absolute Gasteiger partial charge is 0.0761 e. The number of hydrogen-bond donors (Lipinski definition) is 1. The highest BCUT2D eigenvalue weighted by atomic mass is 16.3. The quantitative estimate of drug-likeness (QED) is 0.865. The highest BCUT2D eigenvalue weighted by molar-refractivity contribution is 5.48. The molecule has 0 fully saturated rings. The Kier molecular flexibility index (Phi) is 4.21. The van der Waals surface area contributed by atoms with Crippen LogP contribution in [0.5, 0.6) is 0 Å². The molecule has 0 amide bonds. The zero-order chi connectivity index (χ0) is 13.2. The predicted octanol–water partition coefficient (Wildman–Crippen LogP) is 3.61. The zero-order valence-electron chi connectivity index (χ0n) is 11.9. The SMILES string of the molecule is CC(N(C)c1ccc([C@H](C)O)cc1)C(C)(C)C. The van der Waals surface area contributed by atoms with Crippen molar-refractivity contribution in [3.05, 3.63) is 29.8 Å². The van der Waals surface area contributed by atoms with Crippen LogP contribution in [0.1, 0.15) is 46.3 Å². The zero-order valence-corrected chi connectivity index (χ0v) is 11.9. The summed E-state index contributed by atoms with van der Waals surface area (Å²) in [5.74, 6) is 0. The molecule has 0 aliphatic rings. The second-order valence-electron chi connectivity index (χ2n) is 5.92. The first-order chi connectivity index (χ1) is 7.73. The van der Waals surface area contributed by atoms with E-state index in [2.05, 4.69) is 51.8 Å².